The van der Waals surface area contributed by atoms with Gasteiger partial charge in [0.05, 0.1) is 19.8 Å². The van der Waals surface area contributed by atoms with Gasteiger partial charge in [0.25, 0.3) is 5.24 Å². The Bertz CT molecular complexity index is 584. The molecule has 120 valence electrons. The summed E-state index contributed by atoms with van der Waals surface area (Å²) in [5.41, 5.74) is 1.61. The highest BCUT2D eigenvalue weighted by molar-refractivity contribution is 7.48. The minimum absolute atomic E-state index is 0.00346. The van der Waals surface area contributed by atoms with Gasteiger partial charge in [-0.1, -0.05) is 24.3 Å². The van der Waals surface area contributed by atoms with E-state index < -0.39 is 13.1 Å². The maximum atomic E-state index is 12.4. The third-order valence-corrected chi connectivity index (χ3v) is 4.27. The van der Waals surface area contributed by atoms with Crippen LogP contribution in [0.3, 0.4) is 0 Å². The lowest BCUT2D eigenvalue weighted by molar-refractivity contribution is 0.106. The standard InChI is InChI=1S/C15H18ClO5P/c1-4-9-19-22(18,20-10-5-2)21-11-14-12(3)7-6-8-13(14)15(16)17/h4-8H,1-2,9-11H2,3H3. The number of halogens is 1. The van der Waals surface area contributed by atoms with E-state index in [1.807, 2.05) is 0 Å². The topological polar surface area (TPSA) is 61.8 Å². The number of rotatable bonds is 10. The molecule has 22 heavy (non-hydrogen) atoms. The molecule has 0 N–H and O–H groups in total. The van der Waals surface area contributed by atoms with E-state index in [1.54, 1.807) is 25.1 Å². The molecule has 0 amide bonds. The molecular weight excluding hydrogens is 327 g/mol. The van der Waals surface area contributed by atoms with Crippen molar-refractivity contribution in [1.82, 2.24) is 0 Å². The lowest BCUT2D eigenvalue weighted by Crippen LogP contribution is -2.05. The van der Waals surface area contributed by atoms with Gasteiger partial charge in [0.2, 0.25) is 0 Å². The molecule has 0 aliphatic carbocycles. The van der Waals surface area contributed by atoms with Crippen molar-refractivity contribution in [2.75, 3.05) is 13.2 Å². The lowest BCUT2D eigenvalue weighted by atomic mass is 10.0. The van der Waals surface area contributed by atoms with Crippen LogP contribution < -0.4 is 0 Å². The molecule has 0 heterocycles. The second kappa shape index (κ2) is 9.03. The number of carbonyl (C=O) groups excluding carboxylic acids is 1. The van der Waals surface area contributed by atoms with Gasteiger partial charge in [-0.3, -0.25) is 18.4 Å². The lowest BCUT2D eigenvalue weighted by Gasteiger charge is -2.18. The van der Waals surface area contributed by atoms with E-state index >= 15 is 0 Å². The van der Waals surface area contributed by atoms with Crippen LogP contribution in [-0.2, 0) is 24.7 Å². The Morgan fingerprint density at radius 1 is 1.23 bits per heavy atom. The molecule has 0 radical (unpaired) electrons. The van der Waals surface area contributed by atoms with Crippen LogP contribution >= 0.6 is 19.4 Å². The van der Waals surface area contributed by atoms with Gasteiger partial charge in [0.15, 0.2) is 0 Å². The van der Waals surface area contributed by atoms with Gasteiger partial charge in [0, 0.05) is 5.56 Å². The zero-order valence-corrected chi connectivity index (χ0v) is 13.9. The average molecular weight is 345 g/mol. The molecule has 0 aliphatic heterocycles. The third kappa shape index (κ3) is 5.52. The Hall–Kier alpha value is -1.23. The van der Waals surface area contributed by atoms with Crippen LogP contribution in [0.15, 0.2) is 43.5 Å². The molecule has 0 fully saturated rings. The number of phosphoric ester groups is 1. The smallest absolute Gasteiger partial charge is 0.283 e. The van der Waals surface area contributed by atoms with E-state index in [4.69, 9.17) is 25.2 Å². The first-order chi connectivity index (χ1) is 10.4. The summed E-state index contributed by atoms with van der Waals surface area (Å²) >= 11 is 5.54. The fourth-order valence-corrected chi connectivity index (χ4v) is 2.89. The fourth-order valence-electron chi connectivity index (χ4n) is 1.62. The normalized spacial score (nSPS) is 11.2. The van der Waals surface area contributed by atoms with Gasteiger partial charge < -0.3 is 0 Å². The van der Waals surface area contributed by atoms with Crippen LogP contribution in [0.2, 0.25) is 0 Å². The number of benzene rings is 1. The van der Waals surface area contributed by atoms with Gasteiger partial charge in [0.1, 0.15) is 0 Å². The molecule has 0 saturated heterocycles. The van der Waals surface area contributed by atoms with Crippen LogP contribution in [0.1, 0.15) is 21.5 Å². The molecule has 1 aromatic rings. The van der Waals surface area contributed by atoms with Crippen LogP contribution in [0.25, 0.3) is 0 Å². The van der Waals surface area contributed by atoms with Crippen LogP contribution in [0, 0.1) is 6.92 Å². The number of hydrogen-bond donors (Lipinski definition) is 0. The number of carbonyl (C=O) groups is 1. The Morgan fingerprint density at radius 2 is 1.82 bits per heavy atom. The first-order valence-electron chi connectivity index (χ1n) is 6.47. The molecule has 0 unspecified atom stereocenters. The van der Waals surface area contributed by atoms with E-state index in [0.717, 1.165) is 5.56 Å². The zero-order chi connectivity index (χ0) is 16.6. The minimum atomic E-state index is -3.78. The highest BCUT2D eigenvalue weighted by atomic mass is 35.5. The Kier molecular flexibility index (Phi) is 7.73. The fraction of sp³-hybridized carbons (Fsp3) is 0.267. The molecule has 0 spiro atoms. The second-order valence-corrected chi connectivity index (χ2v) is 6.28. The van der Waals surface area contributed by atoms with E-state index in [2.05, 4.69) is 13.2 Å². The highest BCUT2D eigenvalue weighted by Gasteiger charge is 2.27. The summed E-state index contributed by atoms with van der Waals surface area (Å²) in [7, 11) is -3.78. The number of phosphoric acid groups is 1. The Morgan fingerprint density at radius 3 is 2.32 bits per heavy atom. The van der Waals surface area contributed by atoms with Crippen molar-refractivity contribution < 1.29 is 22.9 Å². The van der Waals surface area contributed by atoms with Gasteiger partial charge in [-0.2, -0.15) is 0 Å². The summed E-state index contributed by atoms with van der Waals surface area (Å²) in [4.78, 5) is 11.4. The monoisotopic (exact) mass is 344 g/mol. The van der Waals surface area contributed by atoms with Gasteiger partial charge in [-0.15, -0.1) is 13.2 Å². The molecule has 0 aliphatic rings. The average Bonchev–Trinajstić information content (AvgIpc) is 2.49. The van der Waals surface area contributed by atoms with Gasteiger partial charge >= 0.3 is 7.82 Å². The highest BCUT2D eigenvalue weighted by Crippen LogP contribution is 2.50. The zero-order valence-electron chi connectivity index (χ0n) is 12.3. The van der Waals surface area contributed by atoms with Crippen molar-refractivity contribution in [3.63, 3.8) is 0 Å². The molecule has 5 nitrogen and oxygen atoms in total. The largest absolute Gasteiger partial charge is 0.475 e. The summed E-state index contributed by atoms with van der Waals surface area (Å²) in [6, 6.07) is 5.07. The van der Waals surface area contributed by atoms with E-state index in [0.29, 0.717) is 11.1 Å². The van der Waals surface area contributed by atoms with Crippen molar-refractivity contribution in [3.05, 3.63) is 60.2 Å². The van der Waals surface area contributed by atoms with Crippen molar-refractivity contribution >= 4 is 24.7 Å². The Labute approximate surface area is 135 Å². The van der Waals surface area contributed by atoms with Crippen molar-refractivity contribution in [2.24, 2.45) is 0 Å². The van der Waals surface area contributed by atoms with Crippen LogP contribution in [0.4, 0.5) is 0 Å². The molecule has 7 heteroatoms. The number of aryl methyl sites for hydroxylation is 1. The van der Waals surface area contributed by atoms with Crippen LogP contribution in [-0.4, -0.2) is 18.5 Å². The quantitative estimate of drug-likeness (QED) is 0.357. The first kappa shape index (κ1) is 18.8. The first-order valence-corrected chi connectivity index (χ1v) is 8.31. The van der Waals surface area contributed by atoms with Gasteiger partial charge in [-0.05, 0) is 35.7 Å². The molecule has 0 bridgehead atoms. The molecular formula is C15H18ClO5P. The maximum absolute atomic E-state index is 12.4. The van der Waals surface area contributed by atoms with E-state index in [-0.39, 0.29) is 19.8 Å². The van der Waals surface area contributed by atoms with E-state index in [9.17, 15) is 9.36 Å². The van der Waals surface area contributed by atoms with Gasteiger partial charge in [-0.25, -0.2) is 4.57 Å². The minimum Gasteiger partial charge on any atom is -0.283 e. The summed E-state index contributed by atoms with van der Waals surface area (Å²) in [6.45, 7) is 8.62. The van der Waals surface area contributed by atoms with Crippen LogP contribution in [0.5, 0.6) is 0 Å². The van der Waals surface area contributed by atoms with Crippen molar-refractivity contribution in [3.8, 4) is 0 Å². The summed E-state index contributed by atoms with van der Waals surface area (Å²) in [5.74, 6) is 0. The Balaban J connectivity index is 2.93. The summed E-state index contributed by atoms with van der Waals surface area (Å²) in [6.07, 6.45) is 2.85. The molecule has 0 aromatic heterocycles. The molecule has 1 rings (SSSR count). The SMILES string of the molecule is C=CCOP(=O)(OCC=C)OCc1c(C)cccc1C(=O)Cl. The molecule has 1 aromatic carbocycles. The maximum Gasteiger partial charge on any atom is 0.475 e. The predicted octanol–water partition coefficient (Wildman–Crippen LogP) is 4.40. The molecule has 0 atom stereocenters. The molecule has 0 saturated carbocycles. The number of hydrogen-bond acceptors (Lipinski definition) is 5. The predicted molar refractivity (Wildman–Crippen MR) is 86.1 cm³/mol. The summed E-state index contributed by atoms with van der Waals surface area (Å²) in [5, 5.41) is -0.615. The third-order valence-electron chi connectivity index (χ3n) is 2.69. The van der Waals surface area contributed by atoms with E-state index in [1.165, 1.54) is 12.2 Å². The van der Waals surface area contributed by atoms with Crippen molar-refractivity contribution in [2.45, 2.75) is 13.5 Å². The second-order valence-electron chi connectivity index (χ2n) is 4.26. The summed E-state index contributed by atoms with van der Waals surface area (Å²) < 4.78 is 27.9. The van der Waals surface area contributed by atoms with Crippen molar-refractivity contribution in [1.29, 1.82) is 0 Å².